The summed E-state index contributed by atoms with van der Waals surface area (Å²) in [5, 5.41) is 6.67. The van der Waals surface area contributed by atoms with Crippen LogP contribution in [0.1, 0.15) is 18.4 Å². The number of hydrogen-bond acceptors (Lipinski definition) is 4. The van der Waals surface area contributed by atoms with Crippen molar-refractivity contribution >= 4 is 11.6 Å². The van der Waals surface area contributed by atoms with Crippen molar-refractivity contribution in [3.63, 3.8) is 0 Å². The lowest BCUT2D eigenvalue weighted by atomic mass is 10.0. The molecule has 2 N–H and O–H groups in total. The smallest absolute Gasteiger partial charge is 0.191 e. The highest BCUT2D eigenvalue weighted by Gasteiger charge is 2.21. The summed E-state index contributed by atoms with van der Waals surface area (Å²) in [6.45, 7) is 2.33. The highest BCUT2D eigenvalue weighted by molar-refractivity contribution is 5.80. The van der Waals surface area contributed by atoms with Crippen LogP contribution in [0.3, 0.4) is 0 Å². The molecule has 3 rings (SSSR count). The van der Waals surface area contributed by atoms with Gasteiger partial charge in [0.2, 0.25) is 0 Å². The van der Waals surface area contributed by atoms with E-state index in [1.165, 1.54) is 12.1 Å². The predicted octanol–water partition coefficient (Wildman–Crippen LogP) is 3.36. The number of rotatable bonds is 7. The zero-order valence-corrected chi connectivity index (χ0v) is 18.3. The molecular formula is C23H30F2N4O2. The minimum Gasteiger partial charge on any atom is -0.497 e. The van der Waals surface area contributed by atoms with Crippen LogP contribution in [-0.4, -0.2) is 52.9 Å². The summed E-state index contributed by atoms with van der Waals surface area (Å²) in [7, 11) is 5.02. The second kappa shape index (κ2) is 10.8. The van der Waals surface area contributed by atoms with Crippen molar-refractivity contribution in [1.29, 1.82) is 0 Å². The van der Waals surface area contributed by atoms with Crippen molar-refractivity contribution in [3.8, 4) is 11.5 Å². The maximum Gasteiger partial charge on any atom is 0.191 e. The van der Waals surface area contributed by atoms with E-state index in [2.05, 4.69) is 20.5 Å². The van der Waals surface area contributed by atoms with Crippen LogP contribution in [0, 0.1) is 11.6 Å². The molecule has 0 saturated carbocycles. The Morgan fingerprint density at radius 3 is 2.16 bits per heavy atom. The van der Waals surface area contributed by atoms with Crippen LogP contribution in [-0.2, 0) is 6.42 Å². The average molecular weight is 433 g/mol. The number of hydrogen-bond donors (Lipinski definition) is 2. The van der Waals surface area contributed by atoms with Gasteiger partial charge >= 0.3 is 0 Å². The summed E-state index contributed by atoms with van der Waals surface area (Å²) in [4.78, 5) is 6.59. The first kappa shape index (κ1) is 22.7. The van der Waals surface area contributed by atoms with Gasteiger partial charge in [0.15, 0.2) is 5.96 Å². The number of methoxy groups -OCH3 is 2. The van der Waals surface area contributed by atoms with Crippen molar-refractivity contribution in [3.05, 3.63) is 53.6 Å². The molecule has 6 nitrogen and oxygen atoms in total. The maximum atomic E-state index is 13.3. The van der Waals surface area contributed by atoms with Crippen LogP contribution in [0.4, 0.5) is 14.5 Å². The normalized spacial score (nSPS) is 15.0. The van der Waals surface area contributed by atoms with Crippen LogP contribution in [0.25, 0.3) is 0 Å². The molecule has 0 spiro atoms. The van der Waals surface area contributed by atoms with Crippen LogP contribution < -0.4 is 25.0 Å². The van der Waals surface area contributed by atoms with E-state index >= 15 is 0 Å². The Morgan fingerprint density at radius 2 is 1.61 bits per heavy atom. The first-order valence-electron chi connectivity index (χ1n) is 10.4. The van der Waals surface area contributed by atoms with E-state index in [4.69, 9.17) is 9.47 Å². The quantitative estimate of drug-likeness (QED) is 0.519. The molecule has 1 aliphatic rings. The molecule has 0 amide bonds. The molecule has 2 aromatic carbocycles. The Kier molecular flexibility index (Phi) is 7.92. The molecule has 0 radical (unpaired) electrons. The van der Waals surface area contributed by atoms with E-state index in [0.717, 1.165) is 49.2 Å². The third-order valence-corrected chi connectivity index (χ3v) is 5.39. The van der Waals surface area contributed by atoms with E-state index in [-0.39, 0.29) is 0 Å². The lowest BCUT2D eigenvalue weighted by Gasteiger charge is -2.34. The number of piperidine rings is 1. The number of benzene rings is 2. The highest BCUT2D eigenvalue weighted by atomic mass is 19.1. The van der Waals surface area contributed by atoms with Crippen molar-refractivity contribution in [2.45, 2.75) is 25.3 Å². The van der Waals surface area contributed by atoms with Gasteiger partial charge in [-0.25, -0.2) is 8.78 Å². The molecule has 31 heavy (non-hydrogen) atoms. The average Bonchev–Trinajstić information content (AvgIpc) is 2.77. The van der Waals surface area contributed by atoms with Gasteiger partial charge in [0, 0.05) is 62.7 Å². The SMILES string of the molecule is CN=C(NCCc1cc(F)cc(F)c1)NC1CCN(c2cc(OC)cc(OC)c2)CC1. The highest BCUT2D eigenvalue weighted by Crippen LogP contribution is 2.30. The molecular weight excluding hydrogens is 402 g/mol. The number of guanidine groups is 1. The second-order valence-corrected chi connectivity index (χ2v) is 7.50. The Balaban J connectivity index is 1.48. The van der Waals surface area contributed by atoms with Crippen molar-refractivity contribution in [1.82, 2.24) is 10.6 Å². The van der Waals surface area contributed by atoms with Gasteiger partial charge in [-0.2, -0.15) is 0 Å². The molecule has 8 heteroatoms. The summed E-state index contributed by atoms with van der Waals surface area (Å²) < 4.78 is 37.4. The summed E-state index contributed by atoms with van der Waals surface area (Å²) in [5.74, 6) is 1.13. The molecule has 0 aliphatic carbocycles. The minimum absolute atomic E-state index is 0.293. The van der Waals surface area contributed by atoms with Crippen LogP contribution in [0.5, 0.6) is 11.5 Å². The molecule has 0 aromatic heterocycles. The van der Waals surface area contributed by atoms with E-state index in [0.29, 0.717) is 30.5 Å². The van der Waals surface area contributed by atoms with Crippen molar-refractivity contribution in [2.75, 3.05) is 45.8 Å². The first-order chi connectivity index (χ1) is 15.0. The minimum atomic E-state index is -0.557. The van der Waals surface area contributed by atoms with Gasteiger partial charge in [0.25, 0.3) is 0 Å². The van der Waals surface area contributed by atoms with Gasteiger partial charge < -0.3 is 25.0 Å². The number of halogens is 2. The summed E-state index contributed by atoms with van der Waals surface area (Å²) in [6, 6.07) is 9.78. The first-order valence-corrected chi connectivity index (χ1v) is 10.4. The number of aliphatic imine (C=N–C) groups is 1. The second-order valence-electron chi connectivity index (χ2n) is 7.50. The van der Waals surface area contributed by atoms with Crippen molar-refractivity contribution < 1.29 is 18.3 Å². The van der Waals surface area contributed by atoms with Crippen molar-refractivity contribution in [2.24, 2.45) is 4.99 Å². The number of anilines is 1. The van der Waals surface area contributed by atoms with Crippen LogP contribution in [0.15, 0.2) is 41.4 Å². The monoisotopic (exact) mass is 432 g/mol. The fourth-order valence-electron chi connectivity index (χ4n) is 3.73. The Bertz CT molecular complexity index is 857. The van der Waals surface area contributed by atoms with Crippen LogP contribution >= 0.6 is 0 Å². The fraction of sp³-hybridized carbons (Fsp3) is 0.435. The molecule has 1 saturated heterocycles. The summed E-state index contributed by atoms with van der Waals surface area (Å²) in [6.07, 6.45) is 2.41. The maximum absolute atomic E-state index is 13.3. The topological polar surface area (TPSA) is 58.1 Å². The number of ether oxygens (including phenoxy) is 2. The van der Waals surface area contributed by atoms with Gasteiger partial charge in [0.1, 0.15) is 23.1 Å². The van der Waals surface area contributed by atoms with Crippen LogP contribution in [0.2, 0.25) is 0 Å². The largest absolute Gasteiger partial charge is 0.497 e. The van der Waals surface area contributed by atoms with E-state index in [1.54, 1.807) is 21.3 Å². The van der Waals surface area contributed by atoms with Gasteiger partial charge in [-0.3, -0.25) is 4.99 Å². The van der Waals surface area contributed by atoms with E-state index in [9.17, 15) is 8.78 Å². The molecule has 1 aliphatic heterocycles. The number of nitrogens with one attached hydrogen (secondary N) is 2. The van der Waals surface area contributed by atoms with Gasteiger partial charge in [0.05, 0.1) is 14.2 Å². The van der Waals surface area contributed by atoms with E-state index in [1.807, 2.05) is 18.2 Å². The lowest BCUT2D eigenvalue weighted by molar-refractivity contribution is 0.393. The summed E-state index contributed by atoms with van der Waals surface area (Å²) in [5.41, 5.74) is 1.70. The van der Waals surface area contributed by atoms with E-state index < -0.39 is 11.6 Å². The molecule has 0 atom stereocenters. The van der Waals surface area contributed by atoms with Gasteiger partial charge in [-0.05, 0) is 37.0 Å². The van der Waals surface area contributed by atoms with Gasteiger partial charge in [-0.15, -0.1) is 0 Å². The number of nitrogens with zero attached hydrogens (tertiary/aromatic N) is 2. The zero-order valence-electron chi connectivity index (χ0n) is 18.3. The molecule has 1 heterocycles. The Labute approximate surface area is 182 Å². The standard InChI is InChI=1S/C23H30F2N4O2/c1-26-23(27-7-4-16-10-17(24)12-18(25)11-16)28-19-5-8-29(9-6-19)20-13-21(30-2)15-22(14-20)31-3/h10-15,19H,4-9H2,1-3H3,(H2,26,27,28). The van der Waals surface area contributed by atoms with Gasteiger partial charge in [-0.1, -0.05) is 0 Å². The third-order valence-electron chi connectivity index (χ3n) is 5.39. The molecule has 2 aromatic rings. The molecule has 0 unspecified atom stereocenters. The Hall–Kier alpha value is -3.03. The third kappa shape index (κ3) is 6.47. The molecule has 1 fully saturated rings. The predicted molar refractivity (Wildman–Crippen MR) is 119 cm³/mol. The summed E-state index contributed by atoms with van der Waals surface area (Å²) >= 11 is 0. The molecule has 168 valence electrons. The molecule has 0 bridgehead atoms. The lowest BCUT2D eigenvalue weighted by Crippen LogP contribution is -2.49. The Morgan fingerprint density at radius 1 is 1.00 bits per heavy atom. The fourth-order valence-corrected chi connectivity index (χ4v) is 3.73. The zero-order chi connectivity index (χ0) is 22.2.